The van der Waals surface area contributed by atoms with Gasteiger partial charge in [-0.15, -0.1) is 10.2 Å². The third kappa shape index (κ3) is 5.59. The zero-order chi connectivity index (χ0) is 20.8. The van der Waals surface area contributed by atoms with Gasteiger partial charge in [0, 0.05) is 25.2 Å². The summed E-state index contributed by atoms with van der Waals surface area (Å²) >= 11 is 1.37. The first-order chi connectivity index (χ1) is 14.0. The van der Waals surface area contributed by atoms with Crippen LogP contribution in [0, 0.1) is 13.8 Å². The second kappa shape index (κ2) is 9.91. The van der Waals surface area contributed by atoms with Crippen molar-refractivity contribution in [3.63, 3.8) is 0 Å². The van der Waals surface area contributed by atoms with Gasteiger partial charge in [-0.05, 0) is 56.9 Å². The molecule has 0 bridgehead atoms. The first kappa shape index (κ1) is 21.4. The van der Waals surface area contributed by atoms with Gasteiger partial charge in [-0.1, -0.05) is 24.2 Å². The second-order valence-corrected chi connectivity index (χ2v) is 8.35. The first-order valence-corrected chi connectivity index (χ1v) is 11.2. The number of anilines is 1. The molecule has 1 aromatic carbocycles. The molecule has 2 heterocycles. The van der Waals surface area contributed by atoms with E-state index in [1.165, 1.54) is 17.3 Å². The van der Waals surface area contributed by atoms with E-state index < -0.39 is 0 Å². The maximum Gasteiger partial charge on any atom is 0.234 e. The van der Waals surface area contributed by atoms with E-state index in [9.17, 15) is 9.59 Å². The van der Waals surface area contributed by atoms with Crippen LogP contribution in [0.5, 0.6) is 0 Å². The van der Waals surface area contributed by atoms with Crippen molar-refractivity contribution in [3.05, 3.63) is 35.2 Å². The van der Waals surface area contributed by atoms with Gasteiger partial charge in [0.2, 0.25) is 11.8 Å². The average molecular weight is 416 g/mol. The summed E-state index contributed by atoms with van der Waals surface area (Å²) in [5.74, 6) is 1.15. The molecule has 0 saturated carbocycles. The number of hydrogen-bond donors (Lipinski definition) is 1. The van der Waals surface area contributed by atoms with Gasteiger partial charge in [-0.3, -0.25) is 9.59 Å². The zero-order valence-electron chi connectivity index (χ0n) is 17.4. The number of rotatable bonds is 7. The third-order valence-electron chi connectivity index (χ3n) is 5.24. The normalized spacial score (nSPS) is 14.7. The highest BCUT2D eigenvalue weighted by Crippen LogP contribution is 2.21. The summed E-state index contributed by atoms with van der Waals surface area (Å²) < 4.78 is 1.99. The SMILES string of the molecule is CCn1c(CN2CCCCCC2=O)nnc1SCC(=O)Nc1ccc(C)c(C)c1. The molecule has 7 nitrogen and oxygen atoms in total. The Kier molecular flexibility index (Phi) is 7.30. The standard InChI is InChI=1S/C21H29N5O2S/c1-4-26-18(13-25-11-7-5-6-8-20(25)28)23-24-21(26)29-14-19(27)22-17-10-9-15(2)16(3)12-17/h9-10,12H,4-8,11,13-14H2,1-3H3,(H,22,27). The molecule has 156 valence electrons. The highest BCUT2D eigenvalue weighted by Gasteiger charge is 2.21. The minimum absolute atomic E-state index is 0.0758. The van der Waals surface area contributed by atoms with E-state index in [-0.39, 0.29) is 17.6 Å². The summed E-state index contributed by atoms with van der Waals surface area (Å²) in [6.45, 7) is 8.05. The number of carbonyl (C=O) groups excluding carboxylic acids is 2. The summed E-state index contributed by atoms with van der Waals surface area (Å²) in [7, 11) is 0. The summed E-state index contributed by atoms with van der Waals surface area (Å²) in [5.41, 5.74) is 3.15. The highest BCUT2D eigenvalue weighted by molar-refractivity contribution is 7.99. The van der Waals surface area contributed by atoms with Crippen LogP contribution >= 0.6 is 11.8 Å². The number of benzene rings is 1. The minimum atomic E-state index is -0.0758. The Morgan fingerprint density at radius 1 is 1.17 bits per heavy atom. The fraction of sp³-hybridized carbons (Fsp3) is 0.524. The topological polar surface area (TPSA) is 80.1 Å². The van der Waals surface area contributed by atoms with Gasteiger partial charge in [0.15, 0.2) is 11.0 Å². The van der Waals surface area contributed by atoms with E-state index in [0.717, 1.165) is 42.9 Å². The first-order valence-electron chi connectivity index (χ1n) is 10.2. The lowest BCUT2D eigenvalue weighted by Gasteiger charge is -2.20. The van der Waals surface area contributed by atoms with Crippen molar-refractivity contribution in [3.8, 4) is 0 Å². The molecule has 2 amide bonds. The summed E-state index contributed by atoms with van der Waals surface area (Å²) in [6.07, 6.45) is 3.71. The van der Waals surface area contributed by atoms with Crippen molar-refractivity contribution in [2.45, 2.75) is 64.7 Å². The molecule has 0 aliphatic carbocycles. The third-order valence-corrected chi connectivity index (χ3v) is 6.20. The van der Waals surface area contributed by atoms with Crippen molar-refractivity contribution in [2.75, 3.05) is 17.6 Å². The van der Waals surface area contributed by atoms with Gasteiger partial charge >= 0.3 is 0 Å². The van der Waals surface area contributed by atoms with Crippen LogP contribution in [0.3, 0.4) is 0 Å². The molecule has 1 N–H and O–H groups in total. The predicted octanol–water partition coefficient (Wildman–Crippen LogP) is 3.55. The minimum Gasteiger partial charge on any atom is -0.335 e. The molecule has 1 aliphatic heterocycles. The van der Waals surface area contributed by atoms with Crippen LogP contribution in [0.25, 0.3) is 0 Å². The Morgan fingerprint density at radius 3 is 2.76 bits per heavy atom. The Bertz CT molecular complexity index is 880. The molecule has 1 fully saturated rings. The molecule has 1 aromatic heterocycles. The number of likely N-dealkylation sites (tertiary alicyclic amines) is 1. The molecular formula is C21H29N5O2S. The summed E-state index contributed by atoms with van der Waals surface area (Å²) in [6, 6.07) is 5.89. The monoisotopic (exact) mass is 415 g/mol. The molecule has 0 unspecified atom stereocenters. The van der Waals surface area contributed by atoms with Gasteiger partial charge < -0.3 is 14.8 Å². The quantitative estimate of drug-likeness (QED) is 0.700. The number of amides is 2. The molecule has 3 rings (SSSR count). The smallest absolute Gasteiger partial charge is 0.234 e. The van der Waals surface area contributed by atoms with Gasteiger partial charge in [0.05, 0.1) is 12.3 Å². The van der Waals surface area contributed by atoms with Crippen LogP contribution in [-0.4, -0.2) is 43.8 Å². The number of carbonyl (C=O) groups is 2. The molecule has 8 heteroatoms. The number of thioether (sulfide) groups is 1. The van der Waals surface area contributed by atoms with Crippen LogP contribution in [0.4, 0.5) is 5.69 Å². The van der Waals surface area contributed by atoms with Gasteiger partial charge in [-0.2, -0.15) is 0 Å². The van der Waals surface area contributed by atoms with Crippen molar-refractivity contribution in [1.29, 1.82) is 0 Å². The zero-order valence-corrected chi connectivity index (χ0v) is 18.2. The van der Waals surface area contributed by atoms with Crippen molar-refractivity contribution in [1.82, 2.24) is 19.7 Å². The maximum absolute atomic E-state index is 12.3. The Morgan fingerprint density at radius 2 is 2.00 bits per heavy atom. The Labute approximate surface area is 176 Å². The van der Waals surface area contributed by atoms with Crippen molar-refractivity contribution < 1.29 is 9.59 Å². The molecule has 2 aromatic rings. The summed E-state index contributed by atoms with van der Waals surface area (Å²) in [5, 5.41) is 12.2. The van der Waals surface area contributed by atoms with Crippen LogP contribution in [-0.2, 0) is 22.7 Å². The molecular weight excluding hydrogens is 386 g/mol. The maximum atomic E-state index is 12.3. The molecule has 29 heavy (non-hydrogen) atoms. The fourth-order valence-electron chi connectivity index (χ4n) is 3.38. The highest BCUT2D eigenvalue weighted by atomic mass is 32.2. The Hall–Kier alpha value is -2.35. The van der Waals surface area contributed by atoms with E-state index in [1.54, 1.807) is 0 Å². The van der Waals surface area contributed by atoms with Crippen molar-refractivity contribution >= 4 is 29.3 Å². The predicted molar refractivity (Wildman–Crippen MR) is 115 cm³/mol. The lowest BCUT2D eigenvalue weighted by Crippen LogP contribution is -2.31. The van der Waals surface area contributed by atoms with Gasteiger partial charge in [0.25, 0.3) is 0 Å². The lowest BCUT2D eigenvalue weighted by molar-refractivity contribution is -0.131. The van der Waals surface area contributed by atoms with Crippen LogP contribution < -0.4 is 5.32 Å². The van der Waals surface area contributed by atoms with E-state index >= 15 is 0 Å². The number of aromatic nitrogens is 3. The summed E-state index contributed by atoms with van der Waals surface area (Å²) in [4.78, 5) is 26.5. The molecule has 0 radical (unpaired) electrons. The van der Waals surface area contributed by atoms with E-state index in [4.69, 9.17) is 0 Å². The van der Waals surface area contributed by atoms with Crippen molar-refractivity contribution in [2.24, 2.45) is 0 Å². The lowest BCUT2D eigenvalue weighted by atomic mass is 10.1. The Balaban J connectivity index is 1.60. The van der Waals surface area contributed by atoms with Crippen LogP contribution in [0.1, 0.15) is 49.6 Å². The van der Waals surface area contributed by atoms with Crippen LogP contribution in [0.15, 0.2) is 23.4 Å². The number of aryl methyl sites for hydroxylation is 2. The van der Waals surface area contributed by atoms with Gasteiger partial charge in [0.1, 0.15) is 0 Å². The number of nitrogens with zero attached hydrogens (tertiary/aromatic N) is 4. The second-order valence-electron chi connectivity index (χ2n) is 7.40. The van der Waals surface area contributed by atoms with E-state index in [2.05, 4.69) is 15.5 Å². The molecule has 0 atom stereocenters. The fourth-order valence-corrected chi connectivity index (χ4v) is 4.20. The average Bonchev–Trinajstić information content (AvgIpc) is 2.97. The van der Waals surface area contributed by atoms with Gasteiger partial charge in [-0.25, -0.2) is 0 Å². The molecule has 1 saturated heterocycles. The molecule has 0 spiro atoms. The number of nitrogens with one attached hydrogen (secondary N) is 1. The van der Waals surface area contributed by atoms with E-state index in [0.29, 0.717) is 24.7 Å². The number of hydrogen-bond acceptors (Lipinski definition) is 5. The van der Waals surface area contributed by atoms with Crippen LogP contribution in [0.2, 0.25) is 0 Å². The largest absolute Gasteiger partial charge is 0.335 e. The van der Waals surface area contributed by atoms with E-state index in [1.807, 2.05) is 48.4 Å². The molecule has 1 aliphatic rings.